The fourth-order valence-corrected chi connectivity index (χ4v) is 2.51. The van der Waals surface area contributed by atoms with Gasteiger partial charge in [0, 0.05) is 11.8 Å². The summed E-state index contributed by atoms with van der Waals surface area (Å²) in [4.78, 5) is 22.6. The van der Waals surface area contributed by atoms with Gasteiger partial charge in [-0.3, -0.25) is 0 Å². The maximum Gasteiger partial charge on any atom is 0.339 e. The van der Waals surface area contributed by atoms with E-state index in [1.807, 2.05) is 23.8 Å². The summed E-state index contributed by atoms with van der Waals surface area (Å²) in [5.41, 5.74) is 1.10. The zero-order chi connectivity index (χ0) is 15.4. The Kier molecular flexibility index (Phi) is 4.44. The molecule has 0 aliphatic carbocycles. The second-order valence-corrected chi connectivity index (χ2v) is 5.19. The minimum Gasteiger partial charge on any atom is -0.507 e. The van der Waals surface area contributed by atoms with Gasteiger partial charge in [0.05, 0.1) is 6.04 Å². The molecular formula is C14H14N2O4S. The van der Waals surface area contributed by atoms with E-state index in [1.54, 1.807) is 11.3 Å². The van der Waals surface area contributed by atoms with Crippen LogP contribution in [-0.2, 0) is 0 Å². The van der Waals surface area contributed by atoms with Gasteiger partial charge in [-0.25, -0.2) is 9.59 Å². The van der Waals surface area contributed by atoms with Crippen molar-refractivity contribution in [3.05, 3.63) is 46.2 Å². The maximum atomic E-state index is 11.8. The molecule has 1 unspecified atom stereocenters. The van der Waals surface area contributed by atoms with Gasteiger partial charge in [-0.05, 0) is 41.4 Å². The Morgan fingerprint density at radius 2 is 2.05 bits per heavy atom. The molecule has 1 heterocycles. The van der Waals surface area contributed by atoms with Crippen molar-refractivity contribution in [1.29, 1.82) is 0 Å². The Bertz CT molecular complexity index is 655. The smallest absolute Gasteiger partial charge is 0.339 e. The molecule has 2 aromatic rings. The topological polar surface area (TPSA) is 98.7 Å². The average Bonchev–Trinajstić information content (AvgIpc) is 2.91. The first-order chi connectivity index (χ1) is 9.97. The third-order valence-corrected chi connectivity index (χ3v) is 3.58. The SMILES string of the molecule is CC(NC(=O)Nc1ccc(C(=O)O)c(O)c1)c1ccsc1. The largest absolute Gasteiger partial charge is 0.507 e. The molecule has 1 atom stereocenters. The minimum atomic E-state index is -1.23. The van der Waals surface area contributed by atoms with Crippen LogP contribution in [0.4, 0.5) is 10.5 Å². The van der Waals surface area contributed by atoms with Gasteiger partial charge in [0.15, 0.2) is 0 Å². The van der Waals surface area contributed by atoms with Crippen LogP contribution < -0.4 is 10.6 Å². The second kappa shape index (κ2) is 6.27. The van der Waals surface area contributed by atoms with E-state index in [0.717, 1.165) is 5.56 Å². The van der Waals surface area contributed by atoms with Crippen LogP contribution in [0, 0.1) is 0 Å². The van der Waals surface area contributed by atoms with E-state index in [0.29, 0.717) is 5.69 Å². The van der Waals surface area contributed by atoms with Gasteiger partial charge in [0.2, 0.25) is 0 Å². The lowest BCUT2D eigenvalue weighted by molar-refractivity contribution is 0.0694. The van der Waals surface area contributed by atoms with Crippen molar-refractivity contribution in [2.45, 2.75) is 13.0 Å². The minimum absolute atomic E-state index is 0.150. The number of hydrogen-bond acceptors (Lipinski definition) is 4. The number of carbonyl (C=O) groups is 2. The molecule has 4 N–H and O–H groups in total. The summed E-state index contributed by atoms with van der Waals surface area (Å²) in [7, 11) is 0. The number of urea groups is 1. The summed E-state index contributed by atoms with van der Waals surface area (Å²) in [6.45, 7) is 1.85. The summed E-state index contributed by atoms with van der Waals surface area (Å²) in [6, 6.07) is 5.17. The summed E-state index contributed by atoms with van der Waals surface area (Å²) < 4.78 is 0. The highest BCUT2D eigenvalue weighted by Crippen LogP contribution is 2.22. The Labute approximate surface area is 125 Å². The molecule has 21 heavy (non-hydrogen) atoms. The number of anilines is 1. The zero-order valence-electron chi connectivity index (χ0n) is 11.2. The molecule has 1 aromatic carbocycles. The molecule has 6 nitrogen and oxygen atoms in total. The van der Waals surface area contributed by atoms with Crippen LogP contribution in [0.5, 0.6) is 5.75 Å². The Morgan fingerprint density at radius 1 is 1.29 bits per heavy atom. The number of aromatic hydroxyl groups is 1. The number of phenols is 1. The fraction of sp³-hybridized carbons (Fsp3) is 0.143. The van der Waals surface area contributed by atoms with Crippen molar-refractivity contribution in [2.24, 2.45) is 0 Å². The number of thiophene rings is 1. The van der Waals surface area contributed by atoms with E-state index in [2.05, 4.69) is 10.6 Å². The standard InChI is InChI=1S/C14H14N2O4S/c1-8(9-4-5-21-7-9)15-14(20)16-10-2-3-11(13(18)19)12(17)6-10/h2-8,17H,1H3,(H,18,19)(H2,15,16,20). The summed E-state index contributed by atoms with van der Waals surface area (Å²) in [6.07, 6.45) is 0. The van der Waals surface area contributed by atoms with Crippen LogP contribution in [0.1, 0.15) is 28.9 Å². The van der Waals surface area contributed by atoms with Gasteiger partial charge in [-0.2, -0.15) is 11.3 Å². The van der Waals surface area contributed by atoms with Crippen molar-refractivity contribution >= 4 is 29.0 Å². The van der Waals surface area contributed by atoms with Crippen molar-refractivity contribution in [2.75, 3.05) is 5.32 Å². The van der Waals surface area contributed by atoms with Gasteiger partial charge < -0.3 is 20.8 Å². The number of amides is 2. The van der Waals surface area contributed by atoms with Crippen LogP contribution in [0.15, 0.2) is 35.0 Å². The maximum absolute atomic E-state index is 11.8. The molecule has 0 saturated heterocycles. The van der Waals surface area contributed by atoms with Gasteiger partial charge in [0.1, 0.15) is 11.3 Å². The van der Waals surface area contributed by atoms with Gasteiger partial charge in [0.25, 0.3) is 0 Å². The van der Waals surface area contributed by atoms with Crippen LogP contribution >= 0.6 is 11.3 Å². The molecule has 2 amide bonds. The highest BCUT2D eigenvalue weighted by molar-refractivity contribution is 7.07. The predicted octanol–water partition coefficient (Wildman–Crippen LogP) is 3.03. The molecule has 0 aliphatic heterocycles. The monoisotopic (exact) mass is 306 g/mol. The first kappa shape index (κ1) is 14.9. The van der Waals surface area contributed by atoms with Gasteiger partial charge in [-0.15, -0.1) is 0 Å². The highest BCUT2D eigenvalue weighted by atomic mass is 32.1. The van der Waals surface area contributed by atoms with E-state index in [9.17, 15) is 14.7 Å². The third-order valence-electron chi connectivity index (χ3n) is 2.88. The molecule has 110 valence electrons. The van der Waals surface area contributed by atoms with E-state index in [1.165, 1.54) is 18.2 Å². The number of carbonyl (C=O) groups excluding carboxylic acids is 1. The summed E-state index contributed by atoms with van der Waals surface area (Å²) >= 11 is 1.54. The molecular weight excluding hydrogens is 292 g/mol. The fourth-order valence-electron chi connectivity index (χ4n) is 1.76. The van der Waals surface area contributed by atoms with Crippen LogP contribution in [-0.4, -0.2) is 22.2 Å². The number of carboxylic acid groups (broad SMARTS) is 1. The van der Waals surface area contributed by atoms with Gasteiger partial charge in [-0.1, -0.05) is 0 Å². The Morgan fingerprint density at radius 3 is 2.62 bits per heavy atom. The van der Waals surface area contributed by atoms with Gasteiger partial charge >= 0.3 is 12.0 Å². The Hall–Kier alpha value is -2.54. The quantitative estimate of drug-likeness (QED) is 0.697. The lowest BCUT2D eigenvalue weighted by atomic mass is 10.2. The first-order valence-electron chi connectivity index (χ1n) is 6.13. The molecule has 0 aliphatic rings. The zero-order valence-corrected chi connectivity index (χ0v) is 12.0. The predicted molar refractivity (Wildman–Crippen MR) is 80.0 cm³/mol. The highest BCUT2D eigenvalue weighted by Gasteiger charge is 2.12. The molecule has 0 fully saturated rings. The number of benzene rings is 1. The van der Waals surface area contributed by atoms with E-state index >= 15 is 0 Å². The number of rotatable bonds is 4. The number of hydrogen-bond donors (Lipinski definition) is 4. The lowest BCUT2D eigenvalue weighted by Gasteiger charge is -2.14. The molecule has 0 spiro atoms. The van der Waals surface area contributed by atoms with E-state index in [4.69, 9.17) is 5.11 Å². The molecule has 1 aromatic heterocycles. The number of nitrogens with one attached hydrogen (secondary N) is 2. The average molecular weight is 306 g/mol. The van der Waals surface area contributed by atoms with E-state index < -0.39 is 17.7 Å². The summed E-state index contributed by atoms with van der Waals surface area (Å²) in [5, 5.41) is 27.5. The van der Waals surface area contributed by atoms with Crippen molar-refractivity contribution < 1.29 is 19.8 Å². The number of carboxylic acids is 1. The second-order valence-electron chi connectivity index (χ2n) is 4.41. The summed E-state index contributed by atoms with van der Waals surface area (Å²) in [5.74, 6) is -1.62. The van der Waals surface area contributed by atoms with E-state index in [-0.39, 0.29) is 11.6 Å². The van der Waals surface area contributed by atoms with Crippen molar-refractivity contribution in [1.82, 2.24) is 5.32 Å². The van der Waals surface area contributed by atoms with Crippen molar-refractivity contribution in [3.8, 4) is 5.75 Å². The van der Waals surface area contributed by atoms with Crippen LogP contribution in [0.3, 0.4) is 0 Å². The molecule has 0 bridgehead atoms. The molecule has 2 rings (SSSR count). The normalized spacial score (nSPS) is 11.7. The molecule has 7 heteroatoms. The van der Waals surface area contributed by atoms with Crippen molar-refractivity contribution in [3.63, 3.8) is 0 Å². The first-order valence-corrected chi connectivity index (χ1v) is 7.07. The third kappa shape index (κ3) is 3.73. The lowest BCUT2D eigenvalue weighted by Crippen LogP contribution is -2.30. The number of aromatic carboxylic acids is 1. The Balaban J connectivity index is 2.00. The van der Waals surface area contributed by atoms with Crippen LogP contribution in [0.25, 0.3) is 0 Å². The molecule has 0 radical (unpaired) electrons. The molecule has 0 saturated carbocycles. The van der Waals surface area contributed by atoms with Crippen LogP contribution in [0.2, 0.25) is 0 Å².